The molecule has 1 unspecified atom stereocenters. The Morgan fingerprint density at radius 3 is 1.31 bits per heavy atom. The Labute approximate surface area is 347 Å². The first kappa shape index (κ1) is 51.6. The van der Waals surface area contributed by atoms with Crippen LogP contribution >= 0.6 is 21.6 Å². The number of carbonyl (C=O) groups excluding carboxylic acids is 3. The second-order valence-electron chi connectivity index (χ2n) is 15.7. The first-order chi connectivity index (χ1) is 27.0. The zero-order valence-corrected chi connectivity index (χ0v) is 37.3. The predicted molar refractivity (Wildman–Crippen MR) is 238 cm³/mol. The van der Waals surface area contributed by atoms with Crippen LogP contribution in [0.15, 0.2) is 24.3 Å². The van der Waals surface area contributed by atoms with Gasteiger partial charge in [0.05, 0.1) is 0 Å². The van der Waals surface area contributed by atoms with Crippen LogP contribution in [0.4, 0.5) is 0 Å². The third kappa shape index (κ3) is 36.7. The van der Waals surface area contributed by atoms with Crippen LogP contribution in [0.3, 0.4) is 0 Å². The molecule has 8 heteroatoms. The lowest BCUT2D eigenvalue weighted by Gasteiger charge is -2.18. The van der Waals surface area contributed by atoms with Crippen molar-refractivity contribution in [3.05, 3.63) is 24.3 Å². The number of esters is 3. The van der Waals surface area contributed by atoms with Crippen LogP contribution in [-0.4, -0.2) is 48.2 Å². The van der Waals surface area contributed by atoms with E-state index in [1.165, 1.54) is 128 Å². The van der Waals surface area contributed by atoms with Gasteiger partial charge in [-0.25, -0.2) is 0 Å². The summed E-state index contributed by atoms with van der Waals surface area (Å²) >= 11 is 0. The lowest BCUT2D eigenvalue weighted by Crippen LogP contribution is -2.30. The Morgan fingerprint density at radius 1 is 0.509 bits per heavy atom. The summed E-state index contributed by atoms with van der Waals surface area (Å²) in [6.45, 7) is 4.37. The number of unbranched alkanes of at least 4 members (excludes halogenated alkanes) is 23. The average molecular weight is 809 g/mol. The van der Waals surface area contributed by atoms with Gasteiger partial charge in [0.25, 0.3) is 0 Å². The Balaban J connectivity index is 2.22. The molecule has 1 rings (SSSR count). The molecule has 0 radical (unpaired) electrons. The molecule has 0 bridgehead atoms. The highest BCUT2D eigenvalue weighted by Gasteiger charge is 2.20. The highest BCUT2D eigenvalue weighted by molar-refractivity contribution is 8.77. The van der Waals surface area contributed by atoms with Crippen molar-refractivity contribution in [1.82, 2.24) is 0 Å². The van der Waals surface area contributed by atoms with E-state index in [1.807, 2.05) is 21.6 Å². The van der Waals surface area contributed by atoms with Gasteiger partial charge in [-0.15, -0.1) is 0 Å². The van der Waals surface area contributed by atoms with E-state index in [-0.39, 0.29) is 31.1 Å². The minimum atomic E-state index is -0.773. The van der Waals surface area contributed by atoms with E-state index in [2.05, 4.69) is 38.2 Å². The van der Waals surface area contributed by atoms with Gasteiger partial charge >= 0.3 is 17.9 Å². The number of hydrogen-bond donors (Lipinski definition) is 0. The fraction of sp³-hybridized carbons (Fsp3) is 0.851. The maximum atomic E-state index is 12.7. The third-order valence-electron chi connectivity index (χ3n) is 10.3. The van der Waals surface area contributed by atoms with Gasteiger partial charge in [-0.2, -0.15) is 0 Å². The van der Waals surface area contributed by atoms with Crippen molar-refractivity contribution in [2.75, 3.05) is 19.0 Å². The molecule has 1 heterocycles. The molecule has 1 atom stereocenters. The van der Waals surface area contributed by atoms with E-state index in [0.29, 0.717) is 24.5 Å². The summed E-state index contributed by atoms with van der Waals surface area (Å²) < 4.78 is 16.7. The van der Waals surface area contributed by atoms with Gasteiger partial charge in [0.1, 0.15) is 13.2 Å². The highest BCUT2D eigenvalue weighted by Crippen LogP contribution is 2.39. The van der Waals surface area contributed by atoms with Crippen LogP contribution in [0.5, 0.6) is 0 Å². The fourth-order valence-electron chi connectivity index (χ4n) is 6.76. The maximum absolute atomic E-state index is 12.7. The Bertz CT molecular complexity index is 892. The van der Waals surface area contributed by atoms with Crippen LogP contribution in [0.2, 0.25) is 0 Å². The van der Waals surface area contributed by atoms with Gasteiger partial charge in [-0.3, -0.25) is 14.4 Å². The second-order valence-corrected chi connectivity index (χ2v) is 18.5. The van der Waals surface area contributed by atoms with Crippen LogP contribution in [-0.2, 0) is 28.6 Å². The van der Waals surface area contributed by atoms with Gasteiger partial charge in [-0.05, 0) is 83.5 Å². The maximum Gasteiger partial charge on any atom is 0.306 e. The molecule has 0 aromatic carbocycles. The van der Waals surface area contributed by atoms with Crippen molar-refractivity contribution < 1.29 is 28.6 Å². The van der Waals surface area contributed by atoms with Crippen molar-refractivity contribution in [3.63, 3.8) is 0 Å². The van der Waals surface area contributed by atoms with Crippen LogP contribution < -0.4 is 0 Å². The average Bonchev–Trinajstić information content (AvgIpc) is 3.71. The molecular formula is C47H84O6S2. The van der Waals surface area contributed by atoms with Gasteiger partial charge in [-0.1, -0.05) is 169 Å². The van der Waals surface area contributed by atoms with Crippen LogP contribution in [0.1, 0.15) is 226 Å². The number of allylic oxidation sites excluding steroid dienone is 4. The zero-order valence-electron chi connectivity index (χ0n) is 35.7. The van der Waals surface area contributed by atoms with E-state index in [1.54, 1.807) is 0 Å². The molecule has 320 valence electrons. The zero-order chi connectivity index (χ0) is 39.7. The molecule has 0 saturated carbocycles. The van der Waals surface area contributed by atoms with Gasteiger partial charge in [0.2, 0.25) is 0 Å². The van der Waals surface area contributed by atoms with Crippen molar-refractivity contribution in [2.24, 2.45) is 0 Å². The molecule has 1 aliphatic heterocycles. The minimum Gasteiger partial charge on any atom is -0.462 e. The molecule has 0 aromatic heterocycles. The molecule has 1 aliphatic rings. The molecule has 0 aliphatic carbocycles. The lowest BCUT2D eigenvalue weighted by atomic mass is 10.1. The molecular weight excluding hydrogens is 725 g/mol. The summed E-state index contributed by atoms with van der Waals surface area (Å²) in [6.07, 6.45) is 45.1. The lowest BCUT2D eigenvalue weighted by molar-refractivity contribution is -0.167. The summed E-state index contributed by atoms with van der Waals surface area (Å²) in [5, 5.41) is 0.691. The Morgan fingerprint density at radius 2 is 0.891 bits per heavy atom. The van der Waals surface area contributed by atoms with Crippen LogP contribution in [0.25, 0.3) is 0 Å². The smallest absolute Gasteiger partial charge is 0.306 e. The number of carbonyl (C=O) groups is 3. The van der Waals surface area contributed by atoms with Crippen molar-refractivity contribution in [3.8, 4) is 0 Å². The number of hydrogen-bond acceptors (Lipinski definition) is 8. The van der Waals surface area contributed by atoms with Crippen LogP contribution in [0, 0.1) is 0 Å². The summed E-state index contributed by atoms with van der Waals surface area (Å²) in [6, 6.07) is 0. The van der Waals surface area contributed by atoms with Gasteiger partial charge in [0, 0.05) is 30.3 Å². The topological polar surface area (TPSA) is 78.9 Å². The molecule has 0 N–H and O–H groups in total. The fourth-order valence-corrected chi connectivity index (χ4v) is 9.79. The van der Waals surface area contributed by atoms with Crippen molar-refractivity contribution in [1.29, 1.82) is 0 Å². The standard InChI is InChI=1S/C47H84O6S2/c1-3-5-7-9-11-13-15-17-19-21-23-25-27-29-31-36-45(48)51-41-43(53-47(50)38-34-33-35-44-39-40-54-55-44)42-52-46(49)37-32-30-28-26-24-22-20-18-16-14-12-10-8-6-4-2/h17-20,43-44H,3-16,21-42H2,1-2H3/b19-17+,20-18+. The van der Waals surface area contributed by atoms with Gasteiger partial charge in [0.15, 0.2) is 6.10 Å². The minimum absolute atomic E-state index is 0.0771. The summed E-state index contributed by atoms with van der Waals surface area (Å²) in [7, 11) is 3.90. The molecule has 1 fully saturated rings. The first-order valence-electron chi connectivity index (χ1n) is 23.1. The molecule has 0 spiro atoms. The van der Waals surface area contributed by atoms with Crippen molar-refractivity contribution >= 4 is 39.5 Å². The second kappa shape index (κ2) is 40.8. The van der Waals surface area contributed by atoms with E-state index in [4.69, 9.17) is 14.2 Å². The summed E-state index contributed by atoms with van der Waals surface area (Å²) in [4.78, 5) is 37.7. The molecule has 0 amide bonds. The summed E-state index contributed by atoms with van der Waals surface area (Å²) in [5.74, 6) is 0.320. The molecule has 55 heavy (non-hydrogen) atoms. The Hall–Kier alpha value is -1.41. The monoisotopic (exact) mass is 809 g/mol. The van der Waals surface area contributed by atoms with E-state index >= 15 is 0 Å². The third-order valence-corrected chi connectivity index (χ3v) is 13.3. The largest absolute Gasteiger partial charge is 0.462 e. The molecule has 0 aromatic rings. The summed E-state index contributed by atoms with van der Waals surface area (Å²) in [5.41, 5.74) is 0. The number of ether oxygens (including phenoxy) is 3. The highest BCUT2D eigenvalue weighted by atomic mass is 33.1. The quantitative estimate of drug-likeness (QED) is 0.0199. The molecule has 6 nitrogen and oxygen atoms in total. The normalized spacial score (nSPS) is 14.4. The van der Waals surface area contributed by atoms with Crippen molar-refractivity contribution in [2.45, 2.75) is 237 Å². The van der Waals surface area contributed by atoms with E-state index in [0.717, 1.165) is 70.6 Å². The SMILES string of the molecule is CCCCCCCC/C=C/CCCCCCCC(=O)OCC(COC(=O)CCCCCCC/C=C/CCCCCCCC)OC(=O)CCCCC1CCSS1. The first-order valence-corrected chi connectivity index (χ1v) is 25.5. The Kier molecular flexibility index (Phi) is 38.3. The number of rotatable bonds is 40. The van der Waals surface area contributed by atoms with E-state index < -0.39 is 6.10 Å². The predicted octanol–water partition coefficient (Wildman–Crippen LogP) is 14.8. The van der Waals surface area contributed by atoms with Gasteiger partial charge < -0.3 is 14.2 Å². The van der Waals surface area contributed by atoms with E-state index in [9.17, 15) is 14.4 Å². The molecule has 1 saturated heterocycles.